The third kappa shape index (κ3) is 3.33. The highest BCUT2D eigenvalue weighted by atomic mass is 16.5. The van der Waals surface area contributed by atoms with Gasteiger partial charge in [0.25, 0.3) is 0 Å². The summed E-state index contributed by atoms with van der Waals surface area (Å²) >= 11 is 0. The second kappa shape index (κ2) is 7.54. The Balaban J connectivity index is 3.00. The predicted octanol–water partition coefficient (Wildman–Crippen LogP) is 2.32. The van der Waals surface area contributed by atoms with Crippen molar-refractivity contribution in [2.24, 2.45) is 0 Å². The van der Waals surface area contributed by atoms with Crippen molar-refractivity contribution < 1.29 is 4.74 Å². The van der Waals surface area contributed by atoms with Gasteiger partial charge >= 0.3 is 0 Å². The molecule has 104 valence electrons. The van der Waals surface area contributed by atoms with E-state index in [0.29, 0.717) is 6.04 Å². The number of methoxy groups -OCH3 is 1. The van der Waals surface area contributed by atoms with Crippen LogP contribution in [-0.2, 0) is 24.1 Å². The lowest BCUT2D eigenvalue weighted by molar-refractivity contribution is 0.188. The van der Waals surface area contributed by atoms with Gasteiger partial charge in [-0.1, -0.05) is 13.8 Å². The molecule has 1 N–H and O–H groups in total. The fraction of sp³-hybridized carbons (Fsp3) is 0.786. The minimum atomic E-state index is 0.367. The Morgan fingerprint density at radius 2 is 2.06 bits per heavy atom. The number of aromatic nitrogens is 2. The van der Waals surface area contributed by atoms with Crippen molar-refractivity contribution in [1.29, 1.82) is 0 Å². The van der Waals surface area contributed by atoms with E-state index in [4.69, 9.17) is 9.84 Å². The van der Waals surface area contributed by atoms with Crippen molar-refractivity contribution in [1.82, 2.24) is 15.1 Å². The summed E-state index contributed by atoms with van der Waals surface area (Å²) in [7, 11) is 3.75. The third-order valence-corrected chi connectivity index (χ3v) is 3.43. The molecule has 0 aromatic carbocycles. The van der Waals surface area contributed by atoms with Crippen molar-refractivity contribution in [3.05, 3.63) is 17.0 Å². The van der Waals surface area contributed by atoms with Crippen molar-refractivity contribution in [2.45, 2.75) is 52.6 Å². The van der Waals surface area contributed by atoms with Gasteiger partial charge < -0.3 is 10.1 Å². The highest BCUT2D eigenvalue weighted by molar-refractivity contribution is 5.30. The molecule has 0 fully saturated rings. The summed E-state index contributed by atoms with van der Waals surface area (Å²) < 4.78 is 7.28. The average molecular weight is 253 g/mol. The van der Waals surface area contributed by atoms with Gasteiger partial charge in [0.05, 0.1) is 5.69 Å². The zero-order chi connectivity index (χ0) is 13.5. The summed E-state index contributed by atoms with van der Waals surface area (Å²) in [6.07, 6.45) is 3.04. The van der Waals surface area contributed by atoms with Crippen molar-refractivity contribution in [3.63, 3.8) is 0 Å². The first-order valence-corrected chi connectivity index (χ1v) is 6.94. The summed E-state index contributed by atoms with van der Waals surface area (Å²) in [5.41, 5.74) is 3.98. The molecule has 1 rings (SSSR count). The van der Waals surface area contributed by atoms with E-state index in [0.717, 1.165) is 32.4 Å². The number of aryl methyl sites for hydroxylation is 2. The number of hydrogen-bond donors (Lipinski definition) is 1. The monoisotopic (exact) mass is 253 g/mol. The van der Waals surface area contributed by atoms with Crippen LogP contribution in [0.3, 0.4) is 0 Å². The van der Waals surface area contributed by atoms with E-state index >= 15 is 0 Å². The molecule has 0 aliphatic rings. The average Bonchev–Trinajstić information content (AvgIpc) is 2.75. The first-order valence-electron chi connectivity index (χ1n) is 6.94. The number of rotatable bonds is 8. The van der Waals surface area contributed by atoms with E-state index in [1.807, 2.05) is 7.05 Å². The Hall–Kier alpha value is -0.870. The molecule has 0 bridgehead atoms. The van der Waals surface area contributed by atoms with E-state index in [1.165, 1.54) is 17.0 Å². The van der Waals surface area contributed by atoms with Gasteiger partial charge in [-0.2, -0.15) is 5.10 Å². The van der Waals surface area contributed by atoms with Gasteiger partial charge in [0.1, 0.15) is 0 Å². The first-order chi connectivity index (χ1) is 8.69. The van der Waals surface area contributed by atoms with Crippen LogP contribution in [0.5, 0.6) is 0 Å². The van der Waals surface area contributed by atoms with Gasteiger partial charge in [-0.3, -0.25) is 4.68 Å². The topological polar surface area (TPSA) is 39.1 Å². The maximum Gasteiger partial charge on any atom is 0.0672 e. The van der Waals surface area contributed by atoms with E-state index in [2.05, 4.69) is 30.8 Å². The van der Waals surface area contributed by atoms with Crippen LogP contribution in [0.25, 0.3) is 0 Å². The number of hydrogen-bond acceptors (Lipinski definition) is 3. The van der Waals surface area contributed by atoms with Crippen LogP contribution in [0, 0.1) is 0 Å². The lowest BCUT2D eigenvalue weighted by Gasteiger charge is -2.13. The Morgan fingerprint density at radius 3 is 2.56 bits per heavy atom. The molecule has 0 saturated carbocycles. The lowest BCUT2D eigenvalue weighted by atomic mass is 10.0. The summed E-state index contributed by atoms with van der Waals surface area (Å²) in [6, 6.07) is 0.367. The van der Waals surface area contributed by atoms with Crippen LogP contribution in [0.1, 0.15) is 50.2 Å². The van der Waals surface area contributed by atoms with Crippen LogP contribution < -0.4 is 5.32 Å². The third-order valence-electron chi connectivity index (χ3n) is 3.43. The molecule has 4 nitrogen and oxygen atoms in total. The molecule has 0 aliphatic carbocycles. The normalized spacial score (nSPS) is 12.9. The number of nitrogens with one attached hydrogen (secondary N) is 1. The van der Waals surface area contributed by atoms with Crippen LogP contribution in [0.2, 0.25) is 0 Å². The van der Waals surface area contributed by atoms with E-state index in [-0.39, 0.29) is 0 Å². The zero-order valence-corrected chi connectivity index (χ0v) is 12.4. The zero-order valence-electron chi connectivity index (χ0n) is 12.4. The van der Waals surface area contributed by atoms with E-state index in [1.54, 1.807) is 7.11 Å². The lowest BCUT2D eigenvalue weighted by Crippen LogP contribution is -2.16. The molecule has 4 heteroatoms. The van der Waals surface area contributed by atoms with Gasteiger partial charge in [-0.15, -0.1) is 0 Å². The van der Waals surface area contributed by atoms with Gasteiger partial charge in [-0.05, 0) is 33.2 Å². The van der Waals surface area contributed by atoms with Crippen LogP contribution in [0.4, 0.5) is 0 Å². The first kappa shape index (κ1) is 15.2. The summed E-state index contributed by atoms with van der Waals surface area (Å²) in [5.74, 6) is 0. The molecule has 1 aromatic rings. The van der Waals surface area contributed by atoms with Gasteiger partial charge in [0.15, 0.2) is 0 Å². The molecule has 0 spiro atoms. The fourth-order valence-electron chi connectivity index (χ4n) is 2.39. The van der Waals surface area contributed by atoms with Crippen LogP contribution >= 0.6 is 0 Å². The van der Waals surface area contributed by atoms with Crippen LogP contribution in [-0.4, -0.2) is 30.5 Å². The van der Waals surface area contributed by atoms with Crippen LogP contribution in [0.15, 0.2) is 0 Å². The highest BCUT2D eigenvalue weighted by Crippen LogP contribution is 2.23. The molecular formula is C14H27N3O. The molecule has 1 unspecified atom stereocenters. The summed E-state index contributed by atoms with van der Waals surface area (Å²) in [6.45, 7) is 8.32. The Morgan fingerprint density at radius 1 is 1.33 bits per heavy atom. The molecule has 0 saturated heterocycles. The fourth-order valence-corrected chi connectivity index (χ4v) is 2.39. The molecule has 1 aromatic heterocycles. The van der Waals surface area contributed by atoms with Crippen molar-refractivity contribution in [3.8, 4) is 0 Å². The minimum Gasteiger partial charge on any atom is -0.385 e. The quantitative estimate of drug-likeness (QED) is 0.723. The maximum atomic E-state index is 5.12. The molecule has 0 amide bonds. The second-order valence-electron chi connectivity index (χ2n) is 4.59. The predicted molar refractivity (Wildman–Crippen MR) is 75.0 cm³/mol. The van der Waals surface area contributed by atoms with Gasteiger partial charge in [0.2, 0.25) is 0 Å². The molecule has 1 heterocycles. The Bertz CT molecular complexity index is 360. The van der Waals surface area contributed by atoms with Gasteiger partial charge in [0, 0.05) is 37.6 Å². The molecule has 1 atom stereocenters. The molecular weight excluding hydrogens is 226 g/mol. The minimum absolute atomic E-state index is 0.367. The highest BCUT2D eigenvalue weighted by Gasteiger charge is 2.19. The van der Waals surface area contributed by atoms with Crippen molar-refractivity contribution in [2.75, 3.05) is 20.8 Å². The standard InChI is InChI=1S/C14H27N3O/c1-6-12-14(11(3)15-4)13(7-2)17(16-12)9-8-10-18-5/h11,15H,6-10H2,1-5H3. The number of nitrogens with zero attached hydrogens (tertiary/aromatic N) is 2. The van der Waals surface area contributed by atoms with E-state index < -0.39 is 0 Å². The van der Waals surface area contributed by atoms with Crippen molar-refractivity contribution >= 4 is 0 Å². The summed E-state index contributed by atoms with van der Waals surface area (Å²) in [5, 5.41) is 8.09. The SMILES string of the molecule is CCc1nn(CCCOC)c(CC)c1C(C)NC. The van der Waals surface area contributed by atoms with E-state index in [9.17, 15) is 0 Å². The Labute approximate surface area is 111 Å². The number of ether oxygens (including phenoxy) is 1. The maximum absolute atomic E-state index is 5.12. The molecule has 18 heavy (non-hydrogen) atoms. The molecule has 0 radical (unpaired) electrons. The second-order valence-corrected chi connectivity index (χ2v) is 4.59. The van der Waals surface area contributed by atoms with Gasteiger partial charge in [-0.25, -0.2) is 0 Å². The summed E-state index contributed by atoms with van der Waals surface area (Å²) in [4.78, 5) is 0. The smallest absolute Gasteiger partial charge is 0.0672 e. The molecule has 0 aliphatic heterocycles. The largest absolute Gasteiger partial charge is 0.385 e. The Kier molecular flexibility index (Phi) is 6.36.